The van der Waals surface area contributed by atoms with Gasteiger partial charge >= 0.3 is 5.63 Å². The van der Waals surface area contributed by atoms with Crippen LogP contribution < -0.4 is 10.3 Å². The van der Waals surface area contributed by atoms with E-state index < -0.39 is 27.4 Å². The van der Waals surface area contributed by atoms with Crippen molar-refractivity contribution in [3.05, 3.63) is 87.2 Å². The van der Waals surface area contributed by atoms with Gasteiger partial charge < -0.3 is 9.52 Å². The van der Waals surface area contributed by atoms with Gasteiger partial charge in [0.15, 0.2) is 0 Å². The molecule has 2 N–H and O–H groups in total. The Morgan fingerprint density at radius 2 is 1.76 bits per heavy atom. The van der Waals surface area contributed by atoms with E-state index in [1.807, 2.05) is 6.92 Å². The smallest absolute Gasteiger partial charge is 0.343 e. The summed E-state index contributed by atoms with van der Waals surface area (Å²) in [7, 11) is -3.93. The van der Waals surface area contributed by atoms with Crippen molar-refractivity contribution in [2.24, 2.45) is 0 Å². The van der Waals surface area contributed by atoms with Gasteiger partial charge in [-0.1, -0.05) is 31.9 Å². The average molecular weight is 486 g/mol. The van der Waals surface area contributed by atoms with Crippen molar-refractivity contribution >= 4 is 15.7 Å². The van der Waals surface area contributed by atoms with Gasteiger partial charge in [0, 0.05) is 23.6 Å². The maximum Gasteiger partial charge on any atom is 0.343 e. The molecule has 0 saturated heterocycles. The molecular formula is C26H28FNO5S. The summed E-state index contributed by atoms with van der Waals surface area (Å²) in [5.74, 6) is -0.428. The molecule has 3 aromatic rings. The first-order chi connectivity index (χ1) is 16.3. The average Bonchev–Trinajstić information content (AvgIpc) is 2.78. The van der Waals surface area contributed by atoms with Crippen LogP contribution in [-0.4, -0.2) is 13.5 Å². The third kappa shape index (κ3) is 5.01. The zero-order valence-electron chi connectivity index (χ0n) is 19.0. The Morgan fingerprint density at radius 1 is 1.06 bits per heavy atom. The zero-order valence-corrected chi connectivity index (χ0v) is 19.8. The molecule has 180 valence electrons. The van der Waals surface area contributed by atoms with Crippen LogP contribution in [0.25, 0.3) is 0 Å². The second-order valence-corrected chi connectivity index (χ2v) is 10.3. The predicted octanol–water partition coefficient (Wildman–Crippen LogP) is 5.49. The molecule has 0 spiro atoms. The van der Waals surface area contributed by atoms with E-state index in [1.165, 1.54) is 12.1 Å². The van der Waals surface area contributed by atoms with Gasteiger partial charge in [0.1, 0.15) is 17.3 Å². The number of hydrogen-bond acceptors (Lipinski definition) is 5. The Hall–Kier alpha value is -3.13. The van der Waals surface area contributed by atoms with Crippen molar-refractivity contribution < 1.29 is 22.3 Å². The van der Waals surface area contributed by atoms with Gasteiger partial charge in [-0.15, -0.1) is 0 Å². The number of benzene rings is 2. The fourth-order valence-electron chi connectivity index (χ4n) is 4.58. The second kappa shape index (κ2) is 10.0. The fraction of sp³-hybridized carbons (Fsp3) is 0.346. The molecule has 1 atom stereocenters. The normalized spacial score (nSPS) is 15.1. The Balaban J connectivity index is 1.69. The van der Waals surface area contributed by atoms with Crippen LogP contribution >= 0.6 is 0 Å². The molecule has 1 aliphatic carbocycles. The lowest BCUT2D eigenvalue weighted by Crippen LogP contribution is -2.18. The Kier molecular flexibility index (Phi) is 7.07. The van der Waals surface area contributed by atoms with Gasteiger partial charge in [0.25, 0.3) is 10.0 Å². The summed E-state index contributed by atoms with van der Waals surface area (Å²) in [6.07, 6.45) is 5.78. The molecular weight excluding hydrogens is 457 g/mol. The fourth-order valence-corrected chi connectivity index (χ4v) is 5.63. The van der Waals surface area contributed by atoms with Crippen LogP contribution in [0.4, 0.5) is 10.1 Å². The van der Waals surface area contributed by atoms with Crippen molar-refractivity contribution in [1.82, 2.24) is 0 Å². The van der Waals surface area contributed by atoms with Crippen LogP contribution in [0.15, 0.2) is 62.6 Å². The van der Waals surface area contributed by atoms with Crippen molar-refractivity contribution in [1.29, 1.82) is 0 Å². The summed E-state index contributed by atoms with van der Waals surface area (Å²) in [4.78, 5) is 12.9. The molecule has 1 aliphatic rings. The molecule has 6 nitrogen and oxygen atoms in total. The minimum atomic E-state index is -3.93. The standard InChI is InChI=1S/C26H28FNO5S/c1-2-21(24-25(29)22-10-5-3-4-6-11-23(22)33-26(24)30)17-8-7-9-19(16-17)28-34(31,32)20-14-12-18(27)13-15-20/h7-9,12-16,21,28-29H,2-6,10-11H2,1H3. The third-order valence-electron chi connectivity index (χ3n) is 6.32. The molecule has 0 bridgehead atoms. The van der Waals surface area contributed by atoms with Crippen LogP contribution in [0.3, 0.4) is 0 Å². The van der Waals surface area contributed by atoms with Gasteiger partial charge in [-0.25, -0.2) is 17.6 Å². The third-order valence-corrected chi connectivity index (χ3v) is 7.71. The van der Waals surface area contributed by atoms with Crippen molar-refractivity contribution in [2.45, 2.75) is 62.7 Å². The van der Waals surface area contributed by atoms with E-state index in [2.05, 4.69) is 4.72 Å². The number of nitrogens with one attached hydrogen (secondary N) is 1. The van der Waals surface area contributed by atoms with E-state index in [-0.39, 0.29) is 16.2 Å². The molecule has 1 heterocycles. The van der Waals surface area contributed by atoms with Crippen LogP contribution in [0.1, 0.15) is 67.4 Å². The number of sulfonamides is 1. The largest absolute Gasteiger partial charge is 0.507 e. The molecule has 0 aliphatic heterocycles. The predicted molar refractivity (Wildman–Crippen MR) is 128 cm³/mol. The van der Waals surface area contributed by atoms with Gasteiger partial charge in [0.2, 0.25) is 0 Å². The van der Waals surface area contributed by atoms with Crippen LogP contribution in [-0.2, 0) is 22.9 Å². The Bertz CT molecular complexity index is 1330. The summed E-state index contributed by atoms with van der Waals surface area (Å²) in [5.41, 5.74) is 1.34. The molecule has 0 amide bonds. The van der Waals surface area contributed by atoms with Gasteiger partial charge in [-0.2, -0.15) is 0 Å². The van der Waals surface area contributed by atoms with E-state index in [1.54, 1.807) is 24.3 Å². The highest BCUT2D eigenvalue weighted by molar-refractivity contribution is 7.92. The van der Waals surface area contributed by atoms with E-state index in [0.29, 0.717) is 41.8 Å². The number of aryl methyl sites for hydroxylation is 1. The maximum absolute atomic E-state index is 13.2. The summed E-state index contributed by atoms with van der Waals surface area (Å²) >= 11 is 0. The summed E-state index contributed by atoms with van der Waals surface area (Å²) in [6.45, 7) is 1.90. The molecule has 4 rings (SSSR count). The quantitative estimate of drug-likeness (QED) is 0.482. The van der Waals surface area contributed by atoms with Crippen LogP contribution in [0, 0.1) is 5.82 Å². The maximum atomic E-state index is 13.2. The minimum Gasteiger partial charge on any atom is -0.507 e. The molecule has 0 fully saturated rings. The number of anilines is 1. The first kappa shape index (κ1) is 24.0. The SMILES string of the molecule is CCC(c1cccc(NS(=O)(=O)c2ccc(F)cc2)c1)c1c(O)c2c(oc1=O)CCCCCC2. The minimum absolute atomic E-state index is 0.00250. The summed E-state index contributed by atoms with van der Waals surface area (Å²) < 4.78 is 46.8. The lowest BCUT2D eigenvalue weighted by atomic mass is 9.87. The van der Waals surface area contributed by atoms with Crippen molar-refractivity contribution in [2.75, 3.05) is 4.72 Å². The second-order valence-electron chi connectivity index (χ2n) is 8.61. The van der Waals surface area contributed by atoms with Gasteiger partial charge in [-0.05, 0) is 67.6 Å². The molecule has 1 aromatic heterocycles. The zero-order chi connectivity index (χ0) is 24.3. The number of halogens is 1. The highest BCUT2D eigenvalue weighted by atomic mass is 32.2. The highest BCUT2D eigenvalue weighted by Gasteiger charge is 2.27. The Morgan fingerprint density at radius 3 is 2.47 bits per heavy atom. The number of aromatic hydroxyl groups is 1. The van der Waals surface area contributed by atoms with Crippen molar-refractivity contribution in [3.63, 3.8) is 0 Å². The molecule has 1 unspecified atom stereocenters. The van der Waals surface area contributed by atoms with Gasteiger partial charge in [-0.3, -0.25) is 4.72 Å². The van der Waals surface area contributed by atoms with Crippen LogP contribution in [0.2, 0.25) is 0 Å². The van der Waals surface area contributed by atoms with Crippen LogP contribution in [0.5, 0.6) is 5.75 Å². The van der Waals surface area contributed by atoms with E-state index in [9.17, 15) is 22.7 Å². The topological polar surface area (TPSA) is 96.6 Å². The number of hydrogen-bond donors (Lipinski definition) is 2. The molecule has 2 aromatic carbocycles. The van der Waals surface area contributed by atoms with Gasteiger partial charge in [0.05, 0.1) is 10.5 Å². The van der Waals surface area contributed by atoms with Crippen molar-refractivity contribution in [3.8, 4) is 5.75 Å². The molecule has 0 saturated carbocycles. The lowest BCUT2D eigenvalue weighted by Gasteiger charge is -2.21. The summed E-state index contributed by atoms with van der Waals surface area (Å²) in [6, 6.07) is 11.3. The van der Waals surface area contributed by atoms with E-state index in [4.69, 9.17) is 4.42 Å². The van der Waals surface area contributed by atoms with E-state index in [0.717, 1.165) is 37.8 Å². The molecule has 8 heteroatoms. The summed E-state index contributed by atoms with van der Waals surface area (Å²) in [5, 5.41) is 11.1. The molecule has 34 heavy (non-hydrogen) atoms. The number of fused-ring (bicyclic) bond motifs is 1. The van der Waals surface area contributed by atoms with E-state index >= 15 is 0 Å². The molecule has 0 radical (unpaired) electrons. The monoisotopic (exact) mass is 485 g/mol. The highest BCUT2D eigenvalue weighted by Crippen LogP contribution is 2.37. The number of rotatable bonds is 6. The lowest BCUT2D eigenvalue weighted by molar-refractivity contribution is 0.384. The first-order valence-corrected chi connectivity index (χ1v) is 13.0. The Labute approximate surface area is 198 Å². The first-order valence-electron chi connectivity index (χ1n) is 11.6.